The highest BCUT2D eigenvalue weighted by molar-refractivity contribution is 5.69. The first-order valence-electron chi connectivity index (χ1n) is 5.30. The van der Waals surface area contributed by atoms with Gasteiger partial charge in [-0.15, -0.1) is 0 Å². The fraction of sp³-hybridized carbons (Fsp3) is 0.417. The van der Waals surface area contributed by atoms with Crippen molar-refractivity contribution in [3.05, 3.63) is 35.4 Å². The summed E-state index contributed by atoms with van der Waals surface area (Å²) in [6.45, 7) is 1.44. The average molecular weight is 225 g/mol. The van der Waals surface area contributed by atoms with Crippen molar-refractivity contribution in [1.82, 2.24) is 5.32 Å². The number of benzene rings is 1. The molecule has 0 amide bonds. The van der Waals surface area contributed by atoms with Crippen LogP contribution in [0, 0.1) is 11.6 Å². The second kappa shape index (κ2) is 4.29. The smallest absolute Gasteiger partial charge is 0.159 e. The number of hydrogen-bond donors (Lipinski definition) is 1. The van der Waals surface area contributed by atoms with Crippen LogP contribution in [0.5, 0.6) is 0 Å². The van der Waals surface area contributed by atoms with Gasteiger partial charge in [-0.3, -0.25) is 0 Å². The average Bonchev–Trinajstić information content (AvgIpc) is 2.33. The predicted octanol–water partition coefficient (Wildman–Crippen LogP) is 1.78. The molecular formula is C12H13F2NO. The highest BCUT2D eigenvalue weighted by atomic mass is 19.2. The van der Waals surface area contributed by atoms with Crippen molar-refractivity contribution >= 4 is 6.29 Å². The van der Waals surface area contributed by atoms with E-state index >= 15 is 0 Å². The van der Waals surface area contributed by atoms with E-state index in [-0.39, 0.29) is 0 Å². The summed E-state index contributed by atoms with van der Waals surface area (Å²) >= 11 is 0. The minimum atomic E-state index is -0.891. The van der Waals surface area contributed by atoms with Crippen molar-refractivity contribution in [3.63, 3.8) is 0 Å². The number of aldehydes is 1. The molecule has 1 fully saturated rings. The van der Waals surface area contributed by atoms with Gasteiger partial charge in [0.1, 0.15) is 6.29 Å². The van der Waals surface area contributed by atoms with E-state index in [1.54, 1.807) is 0 Å². The van der Waals surface area contributed by atoms with Crippen LogP contribution in [0.25, 0.3) is 0 Å². The summed E-state index contributed by atoms with van der Waals surface area (Å²) in [5, 5.41) is 3.14. The van der Waals surface area contributed by atoms with Crippen molar-refractivity contribution in [1.29, 1.82) is 0 Å². The topological polar surface area (TPSA) is 29.1 Å². The van der Waals surface area contributed by atoms with E-state index in [1.165, 1.54) is 6.07 Å². The number of carbonyl (C=O) groups is 1. The van der Waals surface area contributed by atoms with Gasteiger partial charge in [-0.25, -0.2) is 8.78 Å². The molecule has 4 heteroatoms. The van der Waals surface area contributed by atoms with Gasteiger partial charge in [-0.1, -0.05) is 6.07 Å². The molecule has 0 radical (unpaired) electrons. The SMILES string of the molecule is O=CC1(c2ccc(F)c(F)c2)CCNCC1. The molecule has 1 heterocycles. The van der Waals surface area contributed by atoms with Gasteiger partial charge in [0, 0.05) is 0 Å². The van der Waals surface area contributed by atoms with Gasteiger partial charge in [-0.05, 0) is 43.6 Å². The molecule has 2 nitrogen and oxygen atoms in total. The van der Waals surface area contributed by atoms with Gasteiger partial charge in [-0.2, -0.15) is 0 Å². The summed E-state index contributed by atoms with van der Waals surface area (Å²) in [7, 11) is 0. The normalized spacial score (nSPS) is 19.4. The summed E-state index contributed by atoms with van der Waals surface area (Å²) in [6, 6.07) is 3.71. The second-order valence-corrected chi connectivity index (χ2v) is 4.15. The highest BCUT2D eigenvalue weighted by Gasteiger charge is 2.34. The molecule has 0 atom stereocenters. The van der Waals surface area contributed by atoms with Crippen LogP contribution in [0.4, 0.5) is 8.78 Å². The Morgan fingerprint density at radius 3 is 2.44 bits per heavy atom. The van der Waals surface area contributed by atoms with Crippen LogP contribution in [-0.4, -0.2) is 19.4 Å². The van der Waals surface area contributed by atoms with E-state index in [0.717, 1.165) is 31.5 Å². The van der Waals surface area contributed by atoms with Crippen molar-refractivity contribution in [2.24, 2.45) is 0 Å². The molecule has 0 aliphatic carbocycles. The van der Waals surface area contributed by atoms with Crippen LogP contribution >= 0.6 is 0 Å². The molecule has 0 spiro atoms. The van der Waals surface area contributed by atoms with E-state index in [4.69, 9.17) is 0 Å². The predicted molar refractivity (Wildman–Crippen MR) is 56.2 cm³/mol. The highest BCUT2D eigenvalue weighted by Crippen LogP contribution is 2.32. The summed E-state index contributed by atoms with van der Waals surface area (Å²) in [4.78, 5) is 11.2. The number of nitrogens with one attached hydrogen (secondary N) is 1. The maximum absolute atomic E-state index is 13.1. The monoisotopic (exact) mass is 225 g/mol. The number of piperidine rings is 1. The Morgan fingerprint density at radius 1 is 1.19 bits per heavy atom. The van der Waals surface area contributed by atoms with Crippen LogP contribution in [0.3, 0.4) is 0 Å². The second-order valence-electron chi connectivity index (χ2n) is 4.15. The largest absolute Gasteiger partial charge is 0.317 e. The van der Waals surface area contributed by atoms with Crippen molar-refractivity contribution < 1.29 is 13.6 Å². The Bertz CT molecular complexity index is 400. The number of hydrogen-bond acceptors (Lipinski definition) is 2. The lowest BCUT2D eigenvalue weighted by Gasteiger charge is -2.33. The molecule has 0 aromatic heterocycles. The molecule has 1 saturated heterocycles. The third-order valence-electron chi connectivity index (χ3n) is 3.22. The maximum Gasteiger partial charge on any atom is 0.159 e. The molecule has 1 aliphatic heterocycles. The minimum absolute atomic E-state index is 0.572. The molecule has 1 N–H and O–H groups in total. The molecule has 0 bridgehead atoms. The van der Waals surface area contributed by atoms with E-state index in [2.05, 4.69) is 5.32 Å². The standard InChI is InChI=1S/C12H13F2NO/c13-10-2-1-9(7-11(10)14)12(8-16)3-5-15-6-4-12/h1-2,7-8,15H,3-6H2. The van der Waals surface area contributed by atoms with Gasteiger partial charge >= 0.3 is 0 Å². The molecule has 2 rings (SSSR count). The first-order chi connectivity index (χ1) is 7.68. The Kier molecular flexibility index (Phi) is 3.01. The Balaban J connectivity index is 2.39. The number of halogens is 2. The van der Waals surface area contributed by atoms with Crippen LogP contribution in [0.15, 0.2) is 18.2 Å². The van der Waals surface area contributed by atoms with Crippen LogP contribution < -0.4 is 5.32 Å². The van der Waals surface area contributed by atoms with Gasteiger partial charge in [0.25, 0.3) is 0 Å². The fourth-order valence-corrected chi connectivity index (χ4v) is 2.15. The molecule has 1 aliphatic rings. The van der Waals surface area contributed by atoms with Crippen LogP contribution in [0.2, 0.25) is 0 Å². The lowest BCUT2D eigenvalue weighted by atomic mass is 9.74. The van der Waals surface area contributed by atoms with Crippen molar-refractivity contribution in [2.45, 2.75) is 18.3 Å². The Hall–Kier alpha value is -1.29. The van der Waals surface area contributed by atoms with Gasteiger partial charge < -0.3 is 10.1 Å². The lowest BCUT2D eigenvalue weighted by Crippen LogP contribution is -2.41. The molecule has 1 aromatic carbocycles. The van der Waals surface area contributed by atoms with Gasteiger partial charge in [0.05, 0.1) is 5.41 Å². The minimum Gasteiger partial charge on any atom is -0.317 e. The summed E-state index contributed by atoms with van der Waals surface area (Å²) in [6.07, 6.45) is 2.11. The molecular weight excluding hydrogens is 212 g/mol. The number of carbonyl (C=O) groups excluding carboxylic acids is 1. The maximum atomic E-state index is 13.1. The molecule has 0 unspecified atom stereocenters. The summed E-state index contributed by atoms with van der Waals surface area (Å²) < 4.78 is 26.0. The zero-order valence-corrected chi connectivity index (χ0v) is 8.80. The number of rotatable bonds is 2. The van der Waals surface area contributed by atoms with Crippen molar-refractivity contribution in [2.75, 3.05) is 13.1 Å². The summed E-state index contributed by atoms with van der Waals surface area (Å²) in [5.74, 6) is -1.77. The Labute approximate surface area is 92.7 Å². The third-order valence-corrected chi connectivity index (χ3v) is 3.22. The zero-order valence-electron chi connectivity index (χ0n) is 8.80. The van der Waals surface area contributed by atoms with E-state index in [0.29, 0.717) is 18.4 Å². The van der Waals surface area contributed by atoms with Gasteiger partial charge in [0.15, 0.2) is 11.6 Å². The van der Waals surface area contributed by atoms with Crippen LogP contribution in [-0.2, 0) is 10.2 Å². The molecule has 16 heavy (non-hydrogen) atoms. The van der Waals surface area contributed by atoms with E-state index < -0.39 is 17.0 Å². The van der Waals surface area contributed by atoms with E-state index in [9.17, 15) is 13.6 Å². The van der Waals surface area contributed by atoms with Crippen molar-refractivity contribution in [3.8, 4) is 0 Å². The lowest BCUT2D eigenvalue weighted by molar-refractivity contribution is -0.113. The van der Waals surface area contributed by atoms with Gasteiger partial charge in [0.2, 0.25) is 0 Å². The van der Waals surface area contributed by atoms with E-state index in [1.807, 2.05) is 0 Å². The molecule has 0 saturated carbocycles. The molecule has 1 aromatic rings. The molecule has 86 valence electrons. The zero-order chi connectivity index (χ0) is 11.6. The third kappa shape index (κ3) is 1.85. The first-order valence-corrected chi connectivity index (χ1v) is 5.30. The first kappa shape index (κ1) is 11.2. The quantitative estimate of drug-likeness (QED) is 0.777. The van der Waals surface area contributed by atoms with Crippen LogP contribution in [0.1, 0.15) is 18.4 Å². The fourth-order valence-electron chi connectivity index (χ4n) is 2.15. The summed E-state index contributed by atoms with van der Waals surface area (Å²) in [5.41, 5.74) is -0.0809. The Morgan fingerprint density at radius 2 is 1.88 bits per heavy atom.